The van der Waals surface area contributed by atoms with Crippen LogP contribution in [0.5, 0.6) is 0 Å². The summed E-state index contributed by atoms with van der Waals surface area (Å²) in [5.74, 6) is -0.810. The molecule has 1 aromatic rings. The zero-order chi connectivity index (χ0) is 19.4. The maximum atomic E-state index is 12.6. The molecule has 0 aliphatic heterocycles. The lowest BCUT2D eigenvalue weighted by atomic mass is 9.85. The van der Waals surface area contributed by atoms with E-state index in [0.29, 0.717) is 11.6 Å². The van der Waals surface area contributed by atoms with Crippen molar-refractivity contribution in [2.75, 3.05) is 13.1 Å². The first-order chi connectivity index (χ1) is 12.9. The number of carboxylic acids is 1. The van der Waals surface area contributed by atoms with Crippen LogP contribution in [0.4, 0.5) is 4.79 Å². The van der Waals surface area contributed by atoms with E-state index in [9.17, 15) is 9.59 Å². The van der Waals surface area contributed by atoms with Crippen LogP contribution in [0.3, 0.4) is 0 Å². The molecule has 0 unspecified atom stereocenters. The summed E-state index contributed by atoms with van der Waals surface area (Å²) in [5.41, 5.74) is 0.712. The summed E-state index contributed by atoms with van der Waals surface area (Å²) in [6, 6.07) is 7.91. The largest absolute Gasteiger partial charge is 0.480 e. The molecule has 1 aromatic carbocycles. The maximum absolute atomic E-state index is 12.6. The van der Waals surface area contributed by atoms with E-state index >= 15 is 0 Å². The van der Waals surface area contributed by atoms with Gasteiger partial charge in [-0.25, -0.2) is 4.79 Å². The first-order valence-corrected chi connectivity index (χ1v) is 10.1. The predicted molar refractivity (Wildman–Crippen MR) is 105 cm³/mol. The lowest BCUT2D eigenvalue weighted by Crippen LogP contribution is -2.58. The van der Waals surface area contributed by atoms with Crippen molar-refractivity contribution in [2.24, 2.45) is 0 Å². The summed E-state index contributed by atoms with van der Waals surface area (Å²) >= 11 is 6.16. The van der Waals surface area contributed by atoms with Crippen LogP contribution in [0.25, 0.3) is 0 Å². The number of nitrogens with zero attached hydrogens (tertiary/aromatic N) is 1. The summed E-state index contributed by atoms with van der Waals surface area (Å²) in [6.07, 6.45) is 5.57. The number of carboxylic acid groups (broad SMARTS) is 1. The highest BCUT2D eigenvalue weighted by molar-refractivity contribution is 6.30. The van der Waals surface area contributed by atoms with Gasteiger partial charge in [-0.05, 0) is 49.9 Å². The minimum absolute atomic E-state index is 0.0535. The highest BCUT2D eigenvalue weighted by atomic mass is 35.5. The van der Waals surface area contributed by atoms with E-state index in [0.717, 1.165) is 44.1 Å². The number of aliphatic carboxylic acids is 1. The van der Waals surface area contributed by atoms with Gasteiger partial charge in [0.25, 0.3) is 0 Å². The Labute approximate surface area is 165 Å². The fourth-order valence-electron chi connectivity index (χ4n) is 4.37. The Morgan fingerprint density at radius 2 is 2.00 bits per heavy atom. The number of nitrogens with one attached hydrogen (secondary N) is 2. The Bertz CT molecular complexity index is 685. The van der Waals surface area contributed by atoms with Crippen molar-refractivity contribution in [2.45, 2.75) is 63.1 Å². The molecule has 148 valence electrons. The molecule has 0 aromatic heterocycles. The molecule has 3 N–H and O–H groups in total. The first-order valence-electron chi connectivity index (χ1n) is 9.72. The van der Waals surface area contributed by atoms with E-state index in [1.54, 1.807) is 0 Å². The second-order valence-corrected chi connectivity index (χ2v) is 8.11. The minimum atomic E-state index is -0.810. The molecule has 2 saturated carbocycles. The SMILES string of the molecule is CCN(CC(=O)O)C1CC(NC(=O)NC2(c3cccc(Cl)c3)CCCC2)C1. The molecule has 0 saturated heterocycles. The Morgan fingerprint density at radius 1 is 1.30 bits per heavy atom. The summed E-state index contributed by atoms with van der Waals surface area (Å²) in [6.45, 7) is 2.72. The van der Waals surface area contributed by atoms with Crippen molar-refractivity contribution in [1.29, 1.82) is 0 Å². The Hall–Kier alpha value is -1.79. The van der Waals surface area contributed by atoms with Gasteiger partial charge in [0.05, 0.1) is 12.1 Å². The van der Waals surface area contributed by atoms with Crippen LogP contribution in [0.1, 0.15) is 51.0 Å². The van der Waals surface area contributed by atoms with E-state index < -0.39 is 5.97 Å². The molecule has 2 aliphatic carbocycles. The van der Waals surface area contributed by atoms with Crippen molar-refractivity contribution in [3.05, 3.63) is 34.9 Å². The van der Waals surface area contributed by atoms with Gasteiger partial charge in [-0.2, -0.15) is 0 Å². The Morgan fingerprint density at radius 3 is 2.59 bits per heavy atom. The molecule has 2 fully saturated rings. The topological polar surface area (TPSA) is 81.7 Å². The summed E-state index contributed by atoms with van der Waals surface area (Å²) in [5, 5.41) is 15.9. The van der Waals surface area contributed by atoms with E-state index in [-0.39, 0.29) is 30.2 Å². The maximum Gasteiger partial charge on any atom is 0.317 e. The molecule has 0 radical (unpaired) electrons. The molecule has 0 bridgehead atoms. The molecular formula is C20H28ClN3O3. The second-order valence-electron chi connectivity index (χ2n) is 7.68. The number of likely N-dealkylation sites (N-methyl/N-ethyl adjacent to an activating group) is 1. The standard InChI is InChI=1S/C20H28ClN3O3/c1-2-24(13-18(25)26)17-11-16(12-17)22-19(27)23-20(8-3-4-9-20)14-6-5-7-15(21)10-14/h5-7,10,16-17H,2-4,8-9,11-13H2,1H3,(H,25,26)(H2,22,23,27). The number of amides is 2. The predicted octanol–water partition coefficient (Wildman–Crippen LogP) is 3.35. The Kier molecular flexibility index (Phi) is 6.27. The fourth-order valence-corrected chi connectivity index (χ4v) is 4.56. The van der Waals surface area contributed by atoms with E-state index in [1.165, 1.54) is 0 Å². The van der Waals surface area contributed by atoms with Gasteiger partial charge >= 0.3 is 12.0 Å². The van der Waals surface area contributed by atoms with Crippen LogP contribution in [0.2, 0.25) is 5.02 Å². The van der Waals surface area contributed by atoms with Crippen molar-refractivity contribution >= 4 is 23.6 Å². The number of hydrogen-bond donors (Lipinski definition) is 3. The van der Waals surface area contributed by atoms with E-state index in [1.807, 2.05) is 36.1 Å². The van der Waals surface area contributed by atoms with Crippen molar-refractivity contribution in [1.82, 2.24) is 15.5 Å². The average Bonchev–Trinajstić information content (AvgIpc) is 3.05. The van der Waals surface area contributed by atoms with Crippen molar-refractivity contribution in [3.63, 3.8) is 0 Å². The van der Waals surface area contributed by atoms with Crippen LogP contribution in [-0.2, 0) is 10.3 Å². The van der Waals surface area contributed by atoms with E-state index in [4.69, 9.17) is 16.7 Å². The average molecular weight is 394 g/mol. The minimum Gasteiger partial charge on any atom is -0.480 e. The fraction of sp³-hybridized carbons (Fsp3) is 0.600. The van der Waals surface area contributed by atoms with E-state index in [2.05, 4.69) is 10.6 Å². The number of urea groups is 1. The van der Waals surface area contributed by atoms with Crippen molar-refractivity contribution in [3.8, 4) is 0 Å². The molecule has 3 rings (SSSR count). The summed E-state index contributed by atoms with van der Waals surface area (Å²) in [7, 11) is 0. The number of carbonyl (C=O) groups is 2. The zero-order valence-corrected chi connectivity index (χ0v) is 16.5. The number of rotatable bonds is 7. The molecule has 27 heavy (non-hydrogen) atoms. The van der Waals surface area contributed by atoms with Crippen molar-refractivity contribution < 1.29 is 14.7 Å². The van der Waals surface area contributed by atoms with Gasteiger partial charge in [-0.1, -0.05) is 43.5 Å². The highest BCUT2D eigenvalue weighted by Gasteiger charge is 2.39. The zero-order valence-electron chi connectivity index (χ0n) is 15.7. The van der Waals surface area contributed by atoms with Crippen LogP contribution in [0.15, 0.2) is 24.3 Å². The summed E-state index contributed by atoms with van der Waals surface area (Å²) < 4.78 is 0. The third-order valence-corrected chi connectivity index (χ3v) is 6.13. The lowest BCUT2D eigenvalue weighted by molar-refractivity contribution is -0.139. The Balaban J connectivity index is 1.55. The van der Waals surface area contributed by atoms with Gasteiger partial charge in [0, 0.05) is 17.1 Å². The number of carbonyl (C=O) groups excluding carboxylic acids is 1. The number of benzene rings is 1. The van der Waals surface area contributed by atoms with Gasteiger partial charge in [0.2, 0.25) is 0 Å². The van der Waals surface area contributed by atoms with Crippen LogP contribution >= 0.6 is 11.6 Å². The summed E-state index contributed by atoms with van der Waals surface area (Å²) in [4.78, 5) is 25.5. The first kappa shape index (κ1) is 20.0. The van der Waals surface area contributed by atoms with Crippen LogP contribution in [0, 0.1) is 0 Å². The van der Waals surface area contributed by atoms with Crippen LogP contribution in [-0.4, -0.2) is 47.2 Å². The molecule has 2 aliphatic rings. The second kappa shape index (κ2) is 8.48. The van der Waals surface area contributed by atoms with Gasteiger partial charge in [0.1, 0.15) is 0 Å². The molecule has 0 spiro atoms. The molecule has 6 nitrogen and oxygen atoms in total. The van der Waals surface area contributed by atoms with Gasteiger partial charge in [-0.3, -0.25) is 9.69 Å². The monoisotopic (exact) mass is 393 g/mol. The highest BCUT2D eigenvalue weighted by Crippen LogP contribution is 2.39. The molecule has 0 heterocycles. The lowest BCUT2D eigenvalue weighted by Gasteiger charge is -2.42. The van der Waals surface area contributed by atoms with Gasteiger partial charge in [-0.15, -0.1) is 0 Å². The normalized spacial score (nSPS) is 23.7. The van der Waals surface area contributed by atoms with Crippen LogP contribution < -0.4 is 10.6 Å². The third-order valence-electron chi connectivity index (χ3n) is 5.90. The smallest absolute Gasteiger partial charge is 0.317 e. The number of hydrogen-bond acceptors (Lipinski definition) is 3. The molecule has 7 heteroatoms. The molecular weight excluding hydrogens is 366 g/mol. The van der Waals surface area contributed by atoms with Gasteiger partial charge in [0.15, 0.2) is 0 Å². The quantitative estimate of drug-likeness (QED) is 0.663. The molecule has 2 amide bonds. The third kappa shape index (κ3) is 4.74. The number of halogens is 1. The molecule has 0 atom stereocenters. The van der Waals surface area contributed by atoms with Gasteiger partial charge < -0.3 is 15.7 Å².